The molecule has 1 atom stereocenters. The second-order valence-electron chi connectivity index (χ2n) is 3.59. The summed E-state index contributed by atoms with van der Waals surface area (Å²) in [6, 6.07) is 11.4. The van der Waals surface area contributed by atoms with Crippen molar-refractivity contribution in [3.8, 4) is 0 Å². The van der Waals surface area contributed by atoms with E-state index in [1.807, 2.05) is 18.2 Å². The molecule has 1 N–H and O–H groups in total. The summed E-state index contributed by atoms with van der Waals surface area (Å²) >= 11 is 8.09. The van der Waals surface area contributed by atoms with Gasteiger partial charge in [0.05, 0.1) is 0 Å². The first-order chi connectivity index (χ1) is 8.09. The van der Waals surface area contributed by atoms with Crippen molar-refractivity contribution >= 4 is 34.2 Å². The molecule has 1 nitrogen and oxygen atoms in total. The molecular weight excluding hydrogens is 353 g/mol. The van der Waals surface area contributed by atoms with Gasteiger partial charge in [0.1, 0.15) is 11.9 Å². The predicted molar refractivity (Wildman–Crippen MR) is 74.6 cm³/mol. The van der Waals surface area contributed by atoms with Gasteiger partial charge >= 0.3 is 0 Å². The standard InChI is InChI=1S/C13H9ClFIO/c14-11-6-5-8(15)7-10(11)13(17)9-3-1-2-4-12(9)16/h1-7,13,17H. The van der Waals surface area contributed by atoms with Crippen LogP contribution in [0.2, 0.25) is 5.02 Å². The van der Waals surface area contributed by atoms with Crippen LogP contribution in [0.3, 0.4) is 0 Å². The van der Waals surface area contributed by atoms with Crippen molar-refractivity contribution in [3.05, 3.63) is 68.0 Å². The Labute approximate surface area is 117 Å². The molecule has 17 heavy (non-hydrogen) atoms. The Morgan fingerprint density at radius 2 is 1.82 bits per heavy atom. The molecule has 0 aromatic heterocycles. The van der Waals surface area contributed by atoms with E-state index in [-0.39, 0.29) is 0 Å². The fourth-order valence-electron chi connectivity index (χ4n) is 1.59. The number of rotatable bonds is 2. The largest absolute Gasteiger partial charge is 0.384 e. The van der Waals surface area contributed by atoms with E-state index in [1.165, 1.54) is 18.2 Å². The van der Waals surface area contributed by atoms with Gasteiger partial charge in [0.25, 0.3) is 0 Å². The first-order valence-electron chi connectivity index (χ1n) is 4.97. The summed E-state index contributed by atoms with van der Waals surface area (Å²) in [5.74, 6) is -0.408. The van der Waals surface area contributed by atoms with Crippen LogP contribution in [0.5, 0.6) is 0 Å². The lowest BCUT2D eigenvalue weighted by atomic mass is 10.0. The molecule has 0 aliphatic heterocycles. The average molecular weight is 363 g/mol. The highest BCUT2D eigenvalue weighted by Crippen LogP contribution is 2.31. The minimum absolute atomic E-state index is 0.360. The molecule has 0 heterocycles. The first-order valence-corrected chi connectivity index (χ1v) is 6.42. The van der Waals surface area contributed by atoms with Crippen molar-refractivity contribution in [3.63, 3.8) is 0 Å². The molecule has 0 spiro atoms. The molecule has 0 bridgehead atoms. The molecule has 1 unspecified atom stereocenters. The third-order valence-corrected chi connectivity index (χ3v) is 3.78. The van der Waals surface area contributed by atoms with Gasteiger partial charge in [-0.2, -0.15) is 0 Å². The summed E-state index contributed by atoms with van der Waals surface area (Å²) < 4.78 is 14.1. The lowest BCUT2D eigenvalue weighted by molar-refractivity contribution is 0.219. The number of hydrogen-bond donors (Lipinski definition) is 1. The minimum Gasteiger partial charge on any atom is -0.384 e. The highest BCUT2D eigenvalue weighted by molar-refractivity contribution is 14.1. The highest BCUT2D eigenvalue weighted by atomic mass is 127. The Balaban J connectivity index is 2.47. The Hall–Kier alpha value is -0.650. The maximum absolute atomic E-state index is 13.2. The monoisotopic (exact) mass is 362 g/mol. The number of benzene rings is 2. The van der Waals surface area contributed by atoms with Crippen molar-refractivity contribution in [1.29, 1.82) is 0 Å². The Morgan fingerprint density at radius 3 is 2.53 bits per heavy atom. The number of aliphatic hydroxyl groups is 1. The normalized spacial score (nSPS) is 12.5. The second-order valence-corrected chi connectivity index (χ2v) is 5.16. The molecule has 0 saturated carbocycles. The van der Waals surface area contributed by atoms with E-state index in [1.54, 1.807) is 6.07 Å². The summed E-state index contributed by atoms with van der Waals surface area (Å²) in [4.78, 5) is 0. The molecule has 2 aromatic carbocycles. The zero-order valence-corrected chi connectivity index (χ0v) is 11.6. The summed E-state index contributed by atoms with van der Waals surface area (Å²) in [5.41, 5.74) is 1.11. The van der Waals surface area contributed by atoms with Gasteiger partial charge in [0.2, 0.25) is 0 Å². The summed E-state index contributed by atoms with van der Waals surface area (Å²) in [5, 5.41) is 10.6. The van der Waals surface area contributed by atoms with Crippen LogP contribution < -0.4 is 0 Å². The van der Waals surface area contributed by atoms with E-state index in [0.717, 1.165) is 9.13 Å². The van der Waals surface area contributed by atoms with Crippen LogP contribution in [0.1, 0.15) is 17.2 Å². The van der Waals surface area contributed by atoms with E-state index in [4.69, 9.17) is 11.6 Å². The van der Waals surface area contributed by atoms with Gasteiger partial charge in [0.15, 0.2) is 0 Å². The Bertz CT molecular complexity index is 545. The van der Waals surface area contributed by atoms with Crippen LogP contribution in [0.25, 0.3) is 0 Å². The van der Waals surface area contributed by atoms with Crippen LogP contribution >= 0.6 is 34.2 Å². The maximum atomic E-state index is 13.2. The van der Waals surface area contributed by atoms with E-state index >= 15 is 0 Å². The maximum Gasteiger partial charge on any atom is 0.123 e. The van der Waals surface area contributed by atoms with Crippen molar-refractivity contribution in [2.45, 2.75) is 6.10 Å². The summed E-state index contributed by atoms with van der Waals surface area (Å²) in [6.45, 7) is 0. The number of aliphatic hydroxyl groups excluding tert-OH is 1. The predicted octanol–water partition coefficient (Wildman–Crippen LogP) is 4.17. The van der Waals surface area contributed by atoms with Crippen molar-refractivity contribution < 1.29 is 9.50 Å². The fourth-order valence-corrected chi connectivity index (χ4v) is 2.49. The molecule has 2 aromatic rings. The second kappa shape index (κ2) is 5.33. The third-order valence-electron chi connectivity index (χ3n) is 2.45. The summed E-state index contributed by atoms with van der Waals surface area (Å²) in [6.07, 6.45) is -0.911. The molecule has 2 rings (SSSR count). The lowest BCUT2D eigenvalue weighted by Gasteiger charge is -2.14. The molecule has 4 heteroatoms. The van der Waals surface area contributed by atoms with Crippen LogP contribution in [-0.4, -0.2) is 5.11 Å². The molecular formula is C13H9ClFIO. The quantitative estimate of drug-likeness (QED) is 0.795. The zero-order valence-electron chi connectivity index (χ0n) is 8.70. The average Bonchev–Trinajstić information content (AvgIpc) is 2.32. The SMILES string of the molecule is OC(c1cc(F)ccc1Cl)c1ccccc1I. The fraction of sp³-hybridized carbons (Fsp3) is 0.0769. The smallest absolute Gasteiger partial charge is 0.123 e. The van der Waals surface area contributed by atoms with Gasteiger partial charge in [-0.1, -0.05) is 29.8 Å². The van der Waals surface area contributed by atoms with Gasteiger partial charge in [-0.3, -0.25) is 0 Å². The van der Waals surface area contributed by atoms with Crippen LogP contribution in [0.15, 0.2) is 42.5 Å². The van der Waals surface area contributed by atoms with Crippen molar-refractivity contribution in [2.24, 2.45) is 0 Å². The molecule has 0 aliphatic carbocycles. The van der Waals surface area contributed by atoms with Crippen LogP contribution in [0.4, 0.5) is 4.39 Å². The van der Waals surface area contributed by atoms with Crippen LogP contribution in [0, 0.1) is 9.39 Å². The molecule has 0 amide bonds. The Kier molecular flexibility index (Phi) is 4.01. The molecule has 0 fully saturated rings. The van der Waals surface area contributed by atoms with Gasteiger partial charge in [0, 0.05) is 14.2 Å². The number of hydrogen-bond acceptors (Lipinski definition) is 1. The molecule has 0 radical (unpaired) electrons. The minimum atomic E-state index is -0.911. The topological polar surface area (TPSA) is 20.2 Å². The van der Waals surface area contributed by atoms with Crippen molar-refractivity contribution in [1.82, 2.24) is 0 Å². The molecule has 88 valence electrons. The lowest BCUT2D eigenvalue weighted by Crippen LogP contribution is -2.03. The van der Waals surface area contributed by atoms with E-state index in [2.05, 4.69) is 22.6 Å². The van der Waals surface area contributed by atoms with Gasteiger partial charge in [-0.05, 0) is 52.4 Å². The molecule has 0 saturated heterocycles. The first kappa shape index (κ1) is 12.8. The van der Waals surface area contributed by atoms with E-state index < -0.39 is 11.9 Å². The highest BCUT2D eigenvalue weighted by Gasteiger charge is 2.16. The summed E-state index contributed by atoms with van der Waals surface area (Å²) in [7, 11) is 0. The Morgan fingerprint density at radius 1 is 1.12 bits per heavy atom. The van der Waals surface area contributed by atoms with E-state index in [9.17, 15) is 9.50 Å². The number of halogens is 3. The van der Waals surface area contributed by atoms with Gasteiger partial charge in [-0.15, -0.1) is 0 Å². The third kappa shape index (κ3) is 2.78. The zero-order chi connectivity index (χ0) is 12.4. The van der Waals surface area contributed by atoms with Gasteiger partial charge < -0.3 is 5.11 Å². The van der Waals surface area contributed by atoms with Crippen molar-refractivity contribution in [2.75, 3.05) is 0 Å². The molecule has 0 aliphatic rings. The van der Waals surface area contributed by atoms with Crippen LogP contribution in [-0.2, 0) is 0 Å². The van der Waals surface area contributed by atoms with E-state index in [0.29, 0.717) is 10.6 Å². The van der Waals surface area contributed by atoms with Gasteiger partial charge in [-0.25, -0.2) is 4.39 Å².